The molecule has 0 aliphatic rings. The smallest absolute Gasteiger partial charge is 0 e. The molecule has 0 saturated carbocycles. The normalized spacial score (nSPS) is 8.88. The van der Waals surface area contributed by atoms with Crippen molar-refractivity contribution in [2.45, 2.75) is 5.79 Å². The van der Waals surface area contributed by atoms with Gasteiger partial charge in [-0.15, -0.1) is 0 Å². The molecule has 0 N–H and O–H groups in total. The van der Waals surface area contributed by atoms with Crippen LogP contribution in [-0.4, -0.2) is 43.1 Å². The van der Waals surface area contributed by atoms with Gasteiger partial charge in [0.05, 0.1) is 0 Å². The van der Waals surface area contributed by atoms with E-state index in [1.54, 1.807) is 39.7 Å². The summed E-state index contributed by atoms with van der Waals surface area (Å²) in [6, 6.07) is 5.58. The van der Waals surface area contributed by atoms with Crippen molar-refractivity contribution in [3.63, 3.8) is 0 Å². The van der Waals surface area contributed by atoms with E-state index in [4.69, 9.17) is 18.7 Å². The Hall–Kier alpha value is -2.53. The van der Waals surface area contributed by atoms with E-state index in [0.29, 0.717) is 6.61 Å². The summed E-state index contributed by atoms with van der Waals surface area (Å²) in [6.45, 7) is 13.8. The van der Waals surface area contributed by atoms with Gasteiger partial charge in [0, 0.05) is 64.7 Å². The first kappa shape index (κ1) is 25.7. The summed E-state index contributed by atoms with van der Waals surface area (Å²) in [5.41, 5.74) is 0. The first-order chi connectivity index (χ1) is 12.4. The van der Waals surface area contributed by atoms with Gasteiger partial charge in [-0.2, -0.15) is 15.3 Å². The third-order valence-corrected chi connectivity index (χ3v) is 2.95. The van der Waals surface area contributed by atoms with Crippen molar-refractivity contribution in [3.05, 3.63) is 75.3 Å². The summed E-state index contributed by atoms with van der Waals surface area (Å²) in [5, 5.41) is 13.0. The molecule has 0 aliphatic heterocycles. The summed E-state index contributed by atoms with van der Waals surface area (Å²) < 4.78 is 33.2. The van der Waals surface area contributed by atoms with E-state index >= 15 is 0 Å². The fourth-order valence-corrected chi connectivity index (χ4v) is 2.15. The fraction of sp³-hybridized carbons (Fsp3) is 0.200. The number of methoxy groups -OCH3 is 1. The monoisotopic (exact) mass is 529 g/mol. The molecule has 0 fully saturated rings. The summed E-state index contributed by atoms with van der Waals surface area (Å²) in [6.07, 6.45) is 10.7. The van der Waals surface area contributed by atoms with Crippen LogP contribution < -0.4 is 0 Å². The Labute approximate surface area is 163 Å². The Morgan fingerprint density at radius 2 is 1.08 bits per heavy atom. The summed E-state index contributed by atoms with van der Waals surface area (Å²) in [7, 11) is 1.64. The number of rotatable bonds is 5. The van der Waals surface area contributed by atoms with Crippen LogP contribution in [0.4, 0.5) is 0 Å². The maximum Gasteiger partial charge on any atom is 0 e. The molecule has 10 nitrogen and oxygen atoms in total. The van der Waals surface area contributed by atoms with Crippen molar-refractivity contribution in [3.8, 4) is 0 Å². The van der Waals surface area contributed by atoms with E-state index in [9.17, 15) is 0 Å². The van der Waals surface area contributed by atoms with Crippen molar-refractivity contribution >= 4 is 0 Å². The summed E-state index contributed by atoms with van der Waals surface area (Å²) >= 11 is 0. The van der Waals surface area contributed by atoms with Gasteiger partial charge in [-0.3, -0.25) is 0 Å². The van der Waals surface area contributed by atoms with Gasteiger partial charge in [-0.1, -0.05) is 0 Å². The molecular weight excluding hydrogens is 514 g/mol. The standard InChI is InChI=1S/C12H14N6O.3CO.Re/c1-19-11-12(16-8-2-5-13-16,17-9-3-6-14-17)18-10-4-7-15-18;3*1-2;/h2-10H,11H2,1H3;;;;. The minimum atomic E-state index is -0.786. The van der Waals surface area contributed by atoms with Gasteiger partial charge in [0.15, 0.2) is 0 Å². The van der Waals surface area contributed by atoms with Crippen LogP contribution >= 0.6 is 0 Å². The first-order valence-electron chi connectivity index (χ1n) is 6.48. The zero-order chi connectivity index (χ0) is 19.1. The van der Waals surface area contributed by atoms with Crippen LogP contribution in [0.15, 0.2) is 55.4 Å². The number of aromatic nitrogens is 6. The molecule has 0 atom stereocenters. The van der Waals surface area contributed by atoms with E-state index < -0.39 is 5.79 Å². The minimum absolute atomic E-state index is 0. The predicted molar refractivity (Wildman–Crippen MR) is 79.1 cm³/mol. The number of nitrogens with zero attached hydrogens (tertiary/aromatic N) is 6. The van der Waals surface area contributed by atoms with Gasteiger partial charge >= 0.3 is 33.9 Å². The third-order valence-electron chi connectivity index (χ3n) is 2.95. The summed E-state index contributed by atoms with van der Waals surface area (Å²) in [5.74, 6) is -0.786. The molecule has 26 heavy (non-hydrogen) atoms. The molecule has 3 aromatic rings. The van der Waals surface area contributed by atoms with E-state index in [-0.39, 0.29) is 20.4 Å². The summed E-state index contributed by atoms with van der Waals surface area (Å²) in [4.78, 5) is 0. The SMILES string of the molecule is COCC(n1cccn1)(n1cccn1)n1cccn1.[C-]#[O+].[C-]#[O+].[C-]#[O+].[Re]. The van der Waals surface area contributed by atoms with Crippen LogP contribution in [0.25, 0.3) is 0 Å². The predicted octanol–water partition coefficient (Wildman–Crippen LogP) is 0.514. The molecule has 1 radical (unpaired) electrons. The molecule has 3 heterocycles. The molecule has 0 spiro atoms. The van der Waals surface area contributed by atoms with Crippen molar-refractivity contribution in [2.75, 3.05) is 13.7 Å². The molecular formula is C15H14N6O4Re. The second-order valence-electron chi connectivity index (χ2n) is 4.06. The van der Waals surface area contributed by atoms with Gasteiger partial charge in [0.25, 0.3) is 5.79 Å². The molecule has 0 amide bonds. The number of hydrogen-bond donors (Lipinski definition) is 0. The molecule has 0 unspecified atom stereocenters. The molecule has 135 valence electrons. The second kappa shape index (κ2) is 14.8. The molecule has 0 aliphatic carbocycles. The van der Waals surface area contributed by atoms with Gasteiger partial charge < -0.3 is 4.74 Å². The van der Waals surface area contributed by atoms with Crippen molar-refractivity contribution in [1.29, 1.82) is 0 Å². The second-order valence-corrected chi connectivity index (χ2v) is 4.06. The van der Waals surface area contributed by atoms with Crippen LogP contribution in [0, 0.1) is 20.0 Å². The Morgan fingerprint density at radius 1 is 0.769 bits per heavy atom. The van der Waals surface area contributed by atoms with E-state index in [2.05, 4.69) is 35.2 Å². The number of hydrogen-bond acceptors (Lipinski definition) is 4. The third kappa shape index (κ3) is 5.49. The van der Waals surface area contributed by atoms with Crippen LogP contribution in [-0.2, 0) is 44.9 Å². The van der Waals surface area contributed by atoms with Gasteiger partial charge in [0.2, 0.25) is 0 Å². The van der Waals surface area contributed by atoms with Crippen LogP contribution in [0.2, 0.25) is 0 Å². The maximum atomic E-state index is 7.50. The van der Waals surface area contributed by atoms with E-state index in [1.165, 1.54) is 0 Å². The average Bonchev–Trinajstić information content (AvgIpc) is 3.48. The molecule has 11 heteroatoms. The van der Waals surface area contributed by atoms with Crippen LogP contribution in [0.5, 0.6) is 0 Å². The van der Waals surface area contributed by atoms with Gasteiger partial charge in [-0.25, -0.2) is 14.0 Å². The molecule has 0 aromatic carbocycles. The molecule has 0 saturated heterocycles. The van der Waals surface area contributed by atoms with Crippen molar-refractivity contribution < 1.29 is 39.1 Å². The minimum Gasteiger partial charge on any atom is 0 e. The van der Waals surface area contributed by atoms with Gasteiger partial charge in [0.1, 0.15) is 6.61 Å². The largest absolute Gasteiger partial charge is 0 e. The Bertz CT molecular complexity index is 637. The van der Waals surface area contributed by atoms with Gasteiger partial charge in [-0.05, 0) is 18.2 Å². The fourth-order valence-electron chi connectivity index (χ4n) is 2.15. The molecule has 0 bridgehead atoms. The molecule has 3 rings (SSSR count). The average molecular weight is 529 g/mol. The Kier molecular flexibility index (Phi) is 14.6. The van der Waals surface area contributed by atoms with E-state index in [1.807, 2.05) is 36.8 Å². The van der Waals surface area contributed by atoms with Crippen molar-refractivity contribution in [2.24, 2.45) is 0 Å². The van der Waals surface area contributed by atoms with E-state index in [0.717, 1.165) is 0 Å². The molecule has 3 aromatic heterocycles. The zero-order valence-electron chi connectivity index (χ0n) is 13.6. The Morgan fingerprint density at radius 3 is 1.27 bits per heavy atom. The topological polar surface area (TPSA) is 122 Å². The van der Waals surface area contributed by atoms with Crippen molar-refractivity contribution in [1.82, 2.24) is 29.3 Å². The quantitative estimate of drug-likeness (QED) is 0.354. The first-order valence-corrected chi connectivity index (χ1v) is 6.48. The zero-order valence-corrected chi connectivity index (χ0v) is 16.3. The number of ether oxygens (including phenoxy) is 1. The maximum absolute atomic E-state index is 7.50. The van der Waals surface area contributed by atoms with Crippen LogP contribution in [0.3, 0.4) is 0 Å². The van der Waals surface area contributed by atoms with Crippen LogP contribution in [0.1, 0.15) is 0 Å². The Balaban J connectivity index is 0.